The lowest BCUT2D eigenvalue weighted by Crippen LogP contribution is -2.15. The predicted molar refractivity (Wildman–Crippen MR) is 56.1 cm³/mol. The molecule has 0 aliphatic rings. The highest BCUT2D eigenvalue weighted by Crippen LogP contribution is 2.33. The van der Waals surface area contributed by atoms with Gasteiger partial charge in [0.05, 0.1) is 11.0 Å². The molecule has 1 aromatic carbocycles. The second kappa shape index (κ2) is 2.94. The van der Waals surface area contributed by atoms with Crippen LogP contribution in [0.5, 0.6) is 0 Å². The SMILES string of the molecule is Cn1c(P(C)(=O)O)nc2ccccc21. The fraction of sp³-hybridized carbons (Fsp3) is 0.222. The number of rotatable bonds is 1. The third kappa shape index (κ3) is 1.37. The number of aromatic nitrogens is 2. The van der Waals surface area contributed by atoms with Crippen LogP contribution < -0.4 is 5.57 Å². The summed E-state index contributed by atoms with van der Waals surface area (Å²) >= 11 is 0. The number of imidazole rings is 1. The fourth-order valence-electron chi connectivity index (χ4n) is 1.50. The Morgan fingerprint density at radius 1 is 1.43 bits per heavy atom. The average molecular weight is 210 g/mol. The van der Waals surface area contributed by atoms with Gasteiger partial charge in [0.1, 0.15) is 0 Å². The van der Waals surface area contributed by atoms with Crippen molar-refractivity contribution in [3.05, 3.63) is 24.3 Å². The fourth-order valence-corrected chi connectivity index (χ4v) is 2.46. The number of hydrogen-bond acceptors (Lipinski definition) is 2. The first-order valence-electron chi connectivity index (χ1n) is 4.22. The van der Waals surface area contributed by atoms with Gasteiger partial charge in [-0.1, -0.05) is 12.1 Å². The molecule has 1 unspecified atom stereocenters. The van der Waals surface area contributed by atoms with Gasteiger partial charge in [0.2, 0.25) is 0 Å². The van der Waals surface area contributed by atoms with Gasteiger partial charge in [-0.25, -0.2) is 4.98 Å². The summed E-state index contributed by atoms with van der Waals surface area (Å²) in [6.07, 6.45) is 0. The van der Waals surface area contributed by atoms with E-state index in [0.29, 0.717) is 0 Å². The molecule has 0 bridgehead atoms. The molecule has 4 nitrogen and oxygen atoms in total. The minimum Gasteiger partial charge on any atom is -0.339 e. The zero-order chi connectivity index (χ0) is 10.3. The molecule has 0 fully saturated rings. The van der Waals surface area contributed by atoms with E-state index >= 15 is 0 Å². The summed E-state index contributed by atoms with van der Waals surface area (Å²) in [5.74, 6) is 0. The predicted octanol–water partition coefficient (Wildman–Crippen LogP) is 1.10. The monoisotopic (exact) mass is 210 g/mol. The highest BCUT2D eigenvalue weighted by molar-refractivity contribution is 7.64. The molecule has 2 aromatic rings. The Hall–Kier alpha value is -1.12. The first-order valence-corrected chi connectivity index (χ1v) is 6.33. The van der Waals surface area contributed by atoms with Crippen molar-refractivity contribution >= 4 is 24.0 Å². The molecule has 1 aromatic heterocycles. The van der Waals surface area contributed by atoms with Crippen molar-refractivity contribution < 1.29 is 9.46 Å². The van der Waals surface area contributed by atoms with E-state index in [2.05, 4.69) is 4.98 Å². The lowest BCUT2D eigenvalue weighted by molar-refractivity contribution is 0.493. The van der Waals surface area contributed by atoms with Crippen molar-refractivity contribution in [1.82, 2.24) is 9.55 Å². The zero-order valence-corrected chi connectivity index (χ0v) is 8.90. The van der Waals surface area contributed by atoms with E-state index in [1.807, 2.05) is 24.3 Å². The number of nitrogens with zero attached hydrogens (tertiary/aromatic N) is 2. The molecular weight excluding hydrogens is 199 g/mol. The van der Waals surface area contributed by atoms with Crippen LogP contribution in [0.2, 0.25) is 0 Å². The van der Waals surface area contributed by atoms with Crippen molar-refractivity contribution in [3.8, 4) is 0 Å². The first-order chi connectivity index (χ1) is 6.50. The quantitative estimate of drug-likeness (QED) is 0.717. The highest BCUT2D eigenvalue weighted by atomic mass is 31.2. The normalized spacial score (nSPS) is 15.6. The molecule has 0 amide bonds. The van der Waals surface area contributed by atoms with Gasteiger partial charge < -0.3 is 9.46 Å². The van der Waals surface area contributed by atoms with Gasteiger partial charge in [0, 0.05) is 13.7 Å². The maximum Gasteiger partial charge on any atom is 0.261 e. The number of hydrogen-bond donors (Lipinski definition) is 1. The van der Waals surface area contributed by atoms with Gasteiger partial charge in [0.25, 0.3) is 7.37 Å². The second-order valence-corrected chi connectivity index (χ2v) is 5.50. The third-order valence-electron chi connectivity index (χ3n) is 2.13. The summed E-state index contributed by atoms with van der Waals surface area (Å²) in [5, 5.41) is 0. The van der Waals surface area contributed by atoms with Gasteiger partial charge in [-0.05, 0) is 12.1 Å². The van der Waals surface area contributed by atoms with E-state index in [4.69, 9.17) is 0 Å². The van der Waals surface area contributed by atoms with Gasteiger partial charge in [-0.3, -0.25) is 4.57 Å². The lowest BCUT2D eigenvalue weighted by Gasteiger charge is -2.04. The Bertz CT molecular complexity index is 527. The van der Waals surface area contributed by atoms with E-state index in [0.717, 1.165) is 11.0 Å². The van der Waals surface area contributed by atoms with Crippen LogP contribution in [-0.4, -0.2) is 21.1 Å². The van der Waals surface area contributed by atoms with E-state index < -0.39 is 7.37 Å². The van der Waals surface area contributed by atoms with Crippen molar-refractivity contribution in [1.29, 1.82) is 0 Å². The van der Waals surface area contributed by atoms with Crippen LogP contribution in [0.15, 0.2) is 24.3 Å². The maximum absolute atomic E-state index is 11.5. The summed E-state index contributed by atoms with van der Waals surface area (Å²) in [4.78, 5) is 13.6. The highest BCUT2D eigenvalue weighted by Gasteiger charge is 2.21. The van der Waals surface area contributed by atoms with E-state index in [1.54, 1.807) is 11.6 Å². The average Bonchev–Trinajstić information content (AvgIpc) is 2.44. The molecule has 0 radical (unpaired) electrons. The Balaban J connectivity index is 2.82. The zero-order valence-electron chi connectivity index (χ0n) is 8.01. The molecular formula is C9H11N2O2P. The minimum absolute atomic E-state index is 0.249. The van der Waals surface area contributed by atoms with Gasteiger partial charge in [-0.2, -0.15) is 0 Å². The summed E-state index contributed by atoms with van der Waals surface area (Å²) in [6.45, 7) is 1.30. The van der Waals surface area contributed by atoms with Crippen LogP contribution in [-0.2, 0) is 11.6 Å². The molecule has 0 spiro atoms. The summed E-state index contributed by atoms with van der Waals surface area (Å²) in [7, 11) is -1.53. The molecule has 14 heavy (non-hydrogen) atoms. The van der Waals surface area contributed by atoms with Gasteiger partial charge in [0.15, 0.2) is 5.57 Å². The van der Waals surface area contributed by atoms with Crippen LogP contribution in [0.25, 0.3) is 11.0 Å². The summed E-state index contributed by atoms with van der Waals surface area (Å²) < 4.78 is 13.1. The molecule has 1 N–H and O–H groups in total. The molecule has 1 heterocycles. The second-order valence-electron chi connectivity index (χ2n) is 3.34. The first kappa shape index (κ1) is 9.44. The van der Waals surface area contributed by atoms with Crippen LogP contribution in [0.3, 0.4) is 0 Å². The Morgan fingerprint density at radius 3 is 2.64 bits per heavy atom. The number of aryl methyl sites for hydroxylation is 1. The molecule has 0 aliphatic carbocycles. The molecule has 0 aliphatic heterocycles. The standard InChI is InChI=1S/C9H11N2O2P/c1-11-8-6-4-3-5-7(8)10-9(11)14(2,12)13/h3-6H,1-2H3,(H,12,13). The molecule has 2 rings (SSSR count). The largest absolute Gasteiger partial charge is 0.339 e. The molecule has 74 valence electrons. The Labute approximate surface area is 81.7 Å². The van der Waals surface area contributed by atoms with Crippen LogP contribution >= 0.6 is 7.37 Å². The third-order valence-corrected chi connectivity index (χ3v) is 3.28. The van der Waals surface area contributed by atoms with E-state index in [-0.39, 0.29) is 5.57 Å². The summed E-state index contributed by atoms with van der Waals surface area (Å²) in [6, 6.07) is 7.44. The van der Waals surface area contributed by atoms with Crippen molar-refractivity contribution in [3.63, 3.8) is 0 Å². The van der Waals surface area contributed by atoms with E-state index in [9.17, 15) is 9.46 Å². The lowest BCUT2D eigenvalue weighted by atomic mass is 10.3. The minimum atomic E-state index is -3.28. The molecule has 5 heteroatoms. The number of benzene rings is 1. The Kier molecular flexibility index (Phi) is 1.98. The van der Waals surface area contributed by atoms with Gasteiger partial charge in [-0.15, -0.1) is 0 Å². The van der Waals surface area contributed by atoms with E-state index in [1.165, 1.54) is 6.66 Å². The van der Waals surface area contributed by atoms with Crippen molar-refractivity contribution in [2.45, 2.75) is 0 Å². The van der Waals surface area contributed by atoms with Gasteiger partial charge >= 0.3 is 0 Å². The summed E-state index contributed by atoms with van der Waals surface area (Å²) in [5.41, 5.74) is 1.87. The Morgan fingerprint density at radius 2 is 2.07 bits per heavy atom. The van der Waals surface area contributed by atoms with Crippen LogP contribution in [0, 0.1) is 0 Å². The van der Waals surface area contributed by atoms with Crippen molar-refractivity contribution in [2.75, 3.05) is 6.66 Å². The number of para-hydroxylation sites is 2. The molecule has 0 saturated heterocycles. The molecule has 0 saturated carbocycles. The van der Waals surface area contributed by atoms with Crippen molar-refractivity contribution in [2.24, 2.45) is 7.05 Å². The molecule has 1 atom stereocenters. The topological polar surface area (TPSA) is 55.1 Å². The van der Waals surface area contributed by atoms with Crippen LogP contribution in [0.1, 0.15) is 0 Å². The maximum atomic E-state index is 11.5. The van der Waals surface area contributed by atoms with Crippen LogP contribution in [0.4, 0.5) is 0 Å². The smallest absolute Gasteiger partial charge is 0.261 e. The number of fused-ring (bicyclic) bond motifs is 1.